The van der Waals surface area contributed by atoms with Gasteiger partial charge in [-0.3, -0.25) is 4.79 Å². The van der Waals surface area contributed by atoms with Gasteiger partial charge in [0.25, 0.3) is 0 Å². The molecule has 0 radical (unpaired) electrons. The molecule has 0 spiro atoms. The van der Waals surface area contributed by atoms with Gasteiger partial charge >= 0.3 is 5.97 Å². The van der Waals surface area contributed by atoms with Crippen molar-refractivity contribution in [3.05, 3.63) is 29.8 Å². The predicted octanol–water partition coefficient (Wildman–Crippen LogP) is 2.18. The molecule has 0 unspecified atom stereocenters. The van der Waals surface area contributed by atoms with E-state index in [1.165, 1.54) is 0 Å². The smallest absolute Gasteiger partial charge is 0.338 e. The third-order valence-corrected chi connectivity index (χ3v) is 3.96. The second kappa shape index (κ2) is 7.22. The third-order valence-electron chi connectivity index (χ3n) is 3.96. The maximum atomic E-state index is 12.2. The van der Waals surface area contributed by atoms with Gasteiger partial charge in [0.2, 0.25) is 5.91 Å². The predicted molar refractivity (Wildman–Crippen MR) is 80.9 cm³/mol. The number of anilines is 1. The van der Waals surface area contributed by atoms with E-state index < -0.39 is 0 Å². The summed E-state index contributed by atoms with van der Waals surface area (Å²) in [5.74, 6) is -0.0512. The van der Waals surface area contributed by atoms with Crippen molar-refractivity contribution in [3.63, 3.8) is 0 Å². The molecule has 3 N–H and O–H groups in total. The van der Waals surface area contributed by atoms with Crippen LogP contribution in [0.4, 0.5) is 5.69 Å². The Bertz CT molecular complexity index is 499. The van der Waals surface area contributed by atoms with E-state index in [0.29, 0.717) is 24.4 Å². The Morgan fingerprint density at radius 3 is 2.62 bits per heavy atom. The minimum absolute atomic E-state index is 0.000247. The van der Waals surface area contributed by atoms with Crippen LogP contribution in [0.1, 0.15) is 36.5 Å². The summed E-state index contributed by atoms with van der Waals surface area (Å²) in [6.45, 7) is 2.67. The first-order valence-electron chi connectivity index (χ1n) is 7.43. The topological polar surface area (TPSA) is 81.4 Å². The number of carbonyl (C=O) groups is 2. The van der Waals surface area contributed by atoms with Gasteiger partial charge in [-0.05, 0) is 56.5 Å². The largest absolute Gasteiger partial charge is 0.462 e. The van der Waals surface area contributed by atoms with Crippen LogP contribution >= 0.6 is 0 Å². The first-order valence-corrected chi connectivity index (χ1v) is 7.43. The van der Waals surface area contributed by atoms with E-state index in [1.807, 2.05) is 0 Å². The molecule has 5 heteroatoms. The highest BCUT2D eigenvalue weighted by molar-refractivity contribution is 5.94. The summed E-state index contributed by atoms with van der Waals surface area (Å²) in [5, 5.41) is 2.90. The zero-order chi connectivity index (χ0) is 15.2. The van der Waals surface area contributed by atoms with Crippen molar-refractivity contribution in [1.29, 1.82) is 0 Å². The molecule has 2 atom stereocenters. The van der Waals surface area contributed by atoms with Gasteiger partial charge in [0.05, 0.1) is 12.2 Å². The van der Waals surface area contributed by atoms with Crippen LogP contribution in [0.15, 0.2) is 24.3 Å². The minimum Gasteiger partial charge on any atom is -0.462 e. The van der Waals surface area contributed by atoms with Gasteiger partial charge in [-0.2, -0.15) is 0 Å². The molecule has 5 nitrogen and oxygen atoms in total. The van der Waals surface area contributed by atoms with Crippen molar-refractivity contribution < 1.29 is 14.3 Å². The second-order valence-corrected chi connectivity index (χ2v) is 5.32. The SMILES string of the molecule is CCOC(=O)c1ccc(NC(=O)[C@@H]2CCC[C@@H]2CN)cc1. The van der Waals surface area contributed by atoms with Crippen molar-refractivity contribution in [2.75, 3.05) is 18.5 Å². The summed E-state index contributed by atoms with van der Waals surface area (Å²) in [4.78, 5) is 23.8. The number of esters is 1. The average Bonchev–Trinajstić information content (AvgIpc) is 2.97. The van der Waals surface area contributed by atoms with Gasteiger partial charge in [0.1, 0.15) is 0 Å². The Balaban J connectivity index is 1.97. The van der Waals surface area contributed by atoms with Crippen LogP contribution in [0.3, 0.4) is 0 Å². The number of amides is 1. The number of carbonyl (C=O) groups excluding carboxylic acids is 2. The van der Waals surface area contributed by atoms with Gasteiger partial charge < -0.3 is 15.8 Å². The number of benzene rings is 1. The molecule has 21 heavy (non-hydrogen) atoms. The zero-order valence-electron chi connectivity index (χ0n) is 12.3. The van der Waals surface area contributed by atoms with Crippen molar-refractivity contribution in [2.24, 2.45) is 17.6 Å². The van der Waals surface area contributed by atoms with E-state index in [1.54, 1.807) is 31.2 Å². The van der Waals surface area contributed by atoms with Crippen LogP contribution in [0.5, 0.6) is 0 Å². The summed E-state index contributed by atoms with van der Waals surface area (Å²) < 4.78 is 4.92. The Kier molecular flexibility index (Phi) is 5.33. The minimum atomic E-state index is -0.352. The number of nitrogens with two attached hydrogens (primary N) is 1. The molecule has 0 saturated heterocycles. The van der Waals surface area contributed by atoms with Gasteiger partial charge in [-0.1, -0.05) is 6.42 Å². The second-order valence-electron chi connectivity index (χ2n) is 5.32. The molecule has 1 saturated carbocycles. The quantitative estimate of drug-likeness (QED) is 0.814. The molecule has 1 aliphatic carbocycles. The highest BCUT2D eigenvalue weighted by atomic mass is 16.5. The molecule has 0 aromatic heterocycles. The van der Waals surface area contributed by atoms with Crippen molar-refractivity contribution in [2.45, 2.75) is 26.2 Å². The fourth-order valence-electron chi connectivity index (χ4n) is 2.80. The lowest BCUT2D eigenvalue weighted by atomic mass is 9.95. The standard InChI is InChI=1S/C16H22N2O3/c1-2-21-16(20)11-6-8-13(9-7-11)18-15(19)14-5-3-4-12(14)10-17/h6-9,12,14H,2-5,10,17H2,1H3,(H,18,19)/t12-,14-/m1/s1. The molecule has 114 valence electrons. The number of ether oxygens (including phenoxy) is 1. The summed E-state index contributed by atoms with van der Waals surface area (Å²) >= 11 is 0. The Labute approximate surface area is 124 Å². The molecule has 1 fully saturated rings. The Morgan fingerprint density at radius 2 is 2.00 bits per heavy atom. The normalized spacial score (nSPS) is 21.0. The number of hydrogen-bond acceptors (Lipinski definition) is 4. The van der Waals surface area contributed by atoms with Crippen LogP contribution in [0, 0.1) is 11.8 Å². The van der Waals surface area contributed by atoms with Crippen molar-refractivity contribution in [3.8, 4) is 0 Å². The maximum absolute atomic E-state index is 12.2. The molecule has 1 aliphatic rings. The van der Waals surface area contributed by atoms with Crippen molar-refractivity contribution >= 4 is 17.6 Å². The van der Waals surface area contributed by atoms with E-state index in [2.05, 4.69) is 5.32 Å². The molecule has 1 aromatic carbocycles. The lowest BCUT2D eigenvalue weighted by Crippen LogP contribution is -2.29. The molecule has 0 heterocycles. The highest BCUT2D eigenvalue weighted by Gasteiger charge is 2.31. The summed E-state index contributed by atoms with van der Waals surface area (Å²) in [7, 11) is 0. The van der Waals surface area contributed by atoms with E-state index in [-0.39, 0.29) is 23.7 Å². The number of nitrogens with one attached hydrogen (secondary N) is 1. The lowest BCUT2D eigenvalue weighted by molar-refractivity contribution is -0.120. The Hall–Kier alpha value is -1.88. The lowest BCUT2D eigenvalue weighted by Gasteiger charge is -2.17. The van der Waals surface area contributed by atoms with Gasteiger partial charge in [-0.25, -0.2) is 4.79 Å². The monoisotopic (exact) mass is 290 g/mol. The zero-order valence-corrected chi connectivity index (χ0v) is 12.3. The fraction of sp³-hybridized carbons (Fsp3) is 0.500. The molecule has 0 aliphatic heterocycles. The number of rotatable bonds is 5. The first kappa shape index (κ1) is 15.5. The van der Waals surface area contributed by atoms with E-state index in [0.717, 1.165) is 19.3 Å². The average molecular weight is 290 g/mol. The van der Waals surface area contributed by atoms with E-state index in [4.69, 9.17) is 10.5 Å². The molecular formula is C16H22N2O3. The van der Waals surface area contributed by atoms with Gasteiger partial charge in [0, 0.05) is 11.6 Å². The van der Waals surface area contributed by atoms with Gasteiger partial charge in [-0.15, -0.1) is 0 Å². The maximum Gasteiger partial charge on any atom is 0.338 e. The van der Waals surface area contributed by atoms with Crippen LogP contribution < -0.4 is 11.1 Å². The van der Waals surface area contributed by atoms with Crippen LogP contribution in [0.25, 0.3) is 0 Å². The molecule has 2 rings (SSSR count). The summed E-state index contributed by atoms with van der Waals surface area (Å²) in [6, 6.07) is 6.75. The highest BCUT2D eigenvalue weighted by Crippen LogP contribution is 2.31. The first-order chi connectivity index (χ1) is 10.2. The van der Waals surface area contributed by atoms with Crippen LogP contribution in [-0.4, -0.2) is 25.0 Å². The molecule has 1 amide bonds. The third kappa shape index (κ3) is 3.82. The van der Waals surface area contributed by atoms with Crippen molar-refractivity contribution in [1.82, 2.24) is 0 Å². The summed E-state index contributed by atoms with van der Waals surface area (Å²) in [5.41, 5.74) is 6.88. The van der Waals surface area contributed by atoms with E-state index >= 15 is 0 Å². The molecular weight excluding hydrogens is 268 g/mol. The Morgan fingerprint density at radius 1 is 1.29 bits per heavy atom. The van der Waals surface area contributed by atoms with Crippen LogP contribution in [0.2, 0.25) is 0 Å². The number of hydrogen-bond donors (Lipinski definition) is 2. The summed E-state index contributed by atoms with van der Waals surface area (Å²) in [6.07, 6.45) is 2.98. The fourth-order valence-corrected chi connectivity index (χ4v) is 2.80. The molecule has 0 bridgehead atoms. The molecule has 1 aromatic rings. The van der Waals surface area contributed by atoms with E-state index in [9.17, 15) is 9.59 Å². The van der Waals surface area contributed by atoms with Gasteiger partial charge in [0.15, 0.2) is 0 Å². The van der Waals surface area contributed by atoms with Crippen LogP contribution in [-0.2, 0) is 9.53 Å².